The fourth-order valence-electron chi connectivity index (χ4n) is 2.97. The van der Waals surface area contributed by atoms with Crippen LogP contribution >= 0.6 is 0 Å². The van der Waals surface area contributed by atoms with Gasteiger partial charge in [-0.1, -0.05) is 51.1 Å². The molecule has 2 aromatic rings. The number of ether oxygens (including phenoxy) is 2. The lowest BCUT2D eigenvalue weighted by atomic mass is 9.96. The van der Waals surface area contributed by atoms with E-state index in [-0.39, 0.29) is 23.7 Å². The molecule has 0 aliphatic rings. The van der Waals surface area contributed by atoms with Gasteiger partial charge in [0.05, 0.1) is 5.56 Å². The van der Waals surface area contributed by atoms with E-state index in [4.69, 9.17) is 14.6 Å². The number of hydrogen-bond acceptors (Lipinski definition) is 5. The minimum atomic E-state index is -4.33. The van der Waals surface area contributed by atoms with Gasteiger partial charge in [-0.2, -0.15) is 13.2 Å². The van der Waals surface area contributed by atoms with Crippen molar-refractivity contribution in [3.8, 4) is 5.75 Å². The van der Waals surface area contributed by atoms with E-state index in [9.17, 15) is 22.8 Å². The molecule has 1 amide bonds. The number of rotatable bonds is 6. The van der Waals surface area contributed by atoms with Crippen LogP contribution in [0.5, 0.6) is 5.75 Å². The summed E-state index contributed by atoms with van der Waals surface area (Å²) in [5.41, 5.74) is -0.274. The molecule has 3 atom stereocenters. The van der Waals surface area contributed by atoms with Crippen molar-refractivity contribution in [1.29, 1.82) is 0 Å². The number of phenolic OH excluding ortho intramolecular Hbond substituents is 1. The summed E-state index contributed by atoms with van der Waals surface area (Å²) in [7, 11) is 0. The topological polar surface area (TPSA) is 84.9 Å². The van der Waals surface area contributed by atoms with Crippen molar-refractivity contribution in [2.24, 2.45) is 5.92 Å². The van der Waals surface area contributed by atoms with Crippen molar-refractivity contribution in [3.05, 3.63) is 65.7 Å². The van der Waals surface area contributed by atoms with Gasteiger partial charge < -0.3 is 19.9 Å². The molecule has 2 aromatic carbocycles. The third kappa shape index (κ3) is 11.0. The van der Waals surface area contributed by atoms with Crippen LogP contribution in [0.3, 0.4) is 0 Å². The Balaban J connectivity index is 0.000000488. The summed E-state index contributed by atoms with van der Waals surface area (Å²) in [5.74, 6) is -0.673. The van der Waals surface area contributed by atoms with E-state index in [2.05, 4.69) is 5.32 Å². The summed E-state index contributed by atoms with van der Waals surface area (Å²) < 4.78 is 46.4. The molecule has 0 saturated carbocycles. The summed E-state index contributed by atoms with van der Waals surface area (Å²) in [6, 6.07) is 12.8. The van der Waals surface area contributed by atoms with Crippen LogP contribution in [0.2, 0.25) is 0 Å². The second-order valence-corrected chi connectivity index (χ2v) is 9.75. The number of aromatic hydroxyl groups is 1. The average molecular weight is 512 g/mol. The lowest BCUT2D eigenvalue weighted by Gasteiger charge is -2.27. The smallest absolute Gasteiger partial charge is 0.416 e. The number of phenols is 1. The quantitative estimate of drug-likeness (QED) is 0.423. The van der Waals surface area contributed by atoms with Crippen LogP contribution < -0.4 is 5.32 Å². The molecular weight excluding hydrogens is 475 g/mol. The number of halogens is 3. The van der Waals surface area contributed by atoms with Crippen LogP contribution in [-0.2, 0) is 20.4 Å². The molecule has 0 bridgehead atoms. The Hall–Kier alpha value is -3.23. The van der Waals surface area contributed by atoms with Gasteiger partial charge in [-0.15, -0.1) is 0 Å². The molecule has 0 fully saturated rings. The molecule has 2 unspecified atom stereocenters. The van der Waals surface area contributed by atoms with E-state index >= 15 is 0 Å². The lowest BCUT2D eigenvalue weighted by Crippen LogP contribution is -2.48. The molecule has 0 heterocycles. The van der Waals surface area contributed by atoms with Crippen molar-refractivity contribution >= 4 is 12.1 Å². The van der Waals surface area contributed by atoms with Gasteiger partial charge in [-0.3, -0.25) is 0 Å². The third-order valence-corrected chi connectivity index (χ3v) is 5.12. The molecule has 200 valence electrons. The maximum absolute atomic E-state index is 12.5. The van der Waals surface area contributed by atoms with Gasteiger partial charge >= 0.3 is 18.2 Å². The first-order chi connectivity index (χ1) is 16.5. The second-order valence-electron chi connectivity index (χ2n) is 9.75. The summed E-state index contributed by atoms with van der Waals surface area (Å²) >= 11 is 0. The SMILES string of the molecule is CC(OC(=O)[C@@H](NC(=O)OC(C)(C)C)C(C)C)C(C)c1ccccc1.Oc1ccc(C(F)(F)F)cc1. The predicted molar refractivity (Wildman–Crippen MR) is 132 cm³/mol. The number of alkyl halides is 3. The first kappa shape index (κ1) is 30.8. The van der Waals surface area contributed by atoms with Crippen LogP contribution in [0.4, 0.5) is 18.0 Å². The lowest BCUT2D eigenvalue weighted by molar-refractivity contribution is -0.153. The molecule has 0 aromatic heterocycles. The minimum absolute atomic E-state index is 0.0551. The van der Waals surface area contributed by atoms with Crippen molar-refractivity contribution in [2.45, 2.75) is 78.3 Å². The van der Waals surface area contributed by atoms with Crippen molar-refractivity contribution in [1.82, 2.24) is 5.32 Å². The van der Waals surface area contributed by atoms with E-state index < -0.39 is 35.4 Å². The first-order valence-corrected chi connectivity index (χ1v) is 11.6. The molecule has 0 radical (unpaired) electrons. The molecule has 2 rings (SSSR count). The molecule has 0 aliphatic heterocycles. The normalized spacial score (nSPS) is 14.1. The number of esters is 1. The Morgan fingerprint density at radius 2 is 1.42 bits per heavy atom. The van der Waals surface area contributed by atoms with Gasteiger partial charge in [0.25, 0.3) is 0 Å². The van der Waals surface area contributed by atoms with E-state index in [0.717, 1.165) is 29.8 Å². The Morgan fingerprint density at radius 1 is 0.889 bits per heavy atom. The van der Waals surface area contributed by atoms with E-state index in [0.29, 0.717) is 0 Å². The first-order valence-electron chi connectivity index (χ1n) is 11.6. The van der Waals surface area contributed by atoms with E-state index in [1.807, 2.05) is 58.0 Å². The van der Waals surface area contributed by atoms with Gasteiger partial charge in [0.2, 0.25) is 0 Å². The molecule has 36 heavy (non-hydrogen) atoms. The number of hydrogen-bond donors (Lipinski definition) is 2. The fourth-order valence-corrected chi connectivity index (χ4v) is 2.97. The van der Waals surface area contributed by atoms with Gasteiger partial charge in [-0.25, -0.2) is 9.59 Å². The van der Waals surface area contributed by atoms with Gasteiger partial charge in [0.1, 0.15) is 23.5 Å². The van der Waals surface area contributed by atoms with Crippen LogP contribution in [0.1, 0.15) is 65.5 Å². The zero-order chi connectivity index (χ0) is 27.7. The summed E-state index contributed by atoms with van der Waals surface area (Å²) in [5, 5.41) is 11.3. The highest BCUT2D eigenvalue weighted by Crippen LogP contribution is 2.29. The third-order valence-electron chi connectivity index (χ3n) is 5.12. The monoisotopic (exact) mass is 511 g/mol. The largest absolute Gasteiger partial charge is 0.508 e. The predicted octanol–water partition coefficient (Wildman–Crippen LogP) is 6.68. The molecule has 9 heteroatoms. The van der Waals surface area contributed by atoms with Crippen LogP contribution in [0.15, 0.2) is 54.6 Å². The summed E-state index contributed by atoms with van der Waals surface area (Å²) in [6.45, 7) is 12.9. The molecule has 6 nitrogen and oxygen atoms in total. The highest BCUT2D eigenvalue weighted by Gasteiger charge is 2.31. The number of nitrogens with one attached hydrogen (secondary N) is 1. The summed E-state index contributed by atoms with van der Waals surface area (Å²) in [6.07, 6.45) is -5.25. The number of carbonyl (C=O) groups is 2. The Labute approximate surface area is 210 Å². The van der Waals surface area contributed by atoms with Gasteiger partial charge in [0, 0.05) is 5.92 Å². The maximum atomic E-state index is 12.5. The van der Waals surface area contributed by atoms with Crippen molar-refractivity contribution in [3.63, 3.8) is 0 Å². The Kier molecular flexibility index (Phi) is 11.3. The molecule has 0 spiro atoms. The van der Waals surface area contributed by atoms with Gasteiger partial charge in [-0.05, 0) is 63.4 Å². The highest BCUT2D eigenvalue weighted by molar-refractivity contribution is 5.81. The van der Waals surface area contributed by atoms with Crippen LogP contribution in [0.25, 0.3) is 0 Å². The standard InChI is InChI=1S/C20H31NO4.C7H5F3O/c1-13(2)17(21-19(23)25-20(5,6)7)18(22)24-15(4)14(3)16-11-9-8-10-12-16;8-7(9,10)5-1-3-6(11)4-2-5/h8-15,17H,1-7H3,(H,21,23);1-4,11H/t14?,15?,17-;/m0./s1. The number of benzene rings is 2. The molecule has 0 saturated heterocycles. The van der Waals surface area contributed by atoms with E-state index in [1.54, 1.807) is 20.8 Å². The number of amides is 1. The van der Waals surface area contributed by atoms with Crippen LogP contribution in [0, 0.1) is 5.92 Å². The molecule has 2 N–H and O–H groups in total. The average Bonchev–Trinajstić information content (AvgIpc) is 2.76. The summed E-state index contributed by atoms with van der Waals surface area (Å²) in [4.78, 5) is 24.5. The Bertz CT molecular complexity index is 954. The maximum Gasteiger partial charge on any atom is 0.416 e. The van der Waals surface area contributed by atoms with Gasteiger partial charge in [0.15, 0.2) is 0 Å². The minimum Gasteiger partial charge on any atom is -0.508 e. The van der Waals surface area contributed by atoms with Crippen molar-refractivity contribution < 1.29 is 37.3 Å². The van der Waals surface area contributed by atoms with Crippen molar-refractivity contribution in [2.75, 3.05) is 0 Å². The number of carbonyl (C=O) groups excluding carboxylic acids is 2. The van der Waals surface area contributed by atoms with E-state index in [1.165, 1.54) is 0 Å². The molecular formula is C27H36F3NO5. The molecule has 0 aliphatic carbocycles. The zero-order valence-electron chi connectivity index (χ0n) is 21.7. The van der Waals surface area contributed by atoms with Crippen LogP contribution in [-0.4, -0.2) is 34.9 Å². The highest BCUT2D eigenvalue weighted by atomic mass is 19.4. The Morgan fingerprint density at radius 3 is 1.86 bits per heavy atom. The number of alkyl carbamates (subject to hydrolysis) is 1. The zero-order valence-corrected chi connectivity index (χ0v) is 21.7. The second kappa shape index (κ2) is 13.2. The fraction of sp³-hybridized carbons (Fsp3) is 0.481.